The number of esters is 1. The molecule has 1 N–H and O–H groups in total. The largest absolute Gasteiger partial charge is 0.497 e. The Labute approximate surface area is 149 Å². The van der Waals surface area contributed by atoms with Crippen LogP contribution in [0.3, 0.4) is 0 Å². The van der Waals surface area contributed by atoms with Crippen molar-refractivity contribution < 1.29 is 23.9 Å². The van der Waals surface area contributed by atoms with Gasteiger partial charge in [0.15, 0.2) is 11.9 Å². The highest BCUT2D eigenvalue weighted by atomic mass is 32.1. The van der Waals surface area contributed by atoms with Crippen molar-refractivity contribution in [2.45, 2.75) is 26.5 Å². The first-order valence-corrected chi connectivity index (χ1v) is 8.44. The summed E-state index contributed by atoms with van der Waals surface area (Å²) in [6.45, 7) is 3.25. The third-order valence-corrected chi connectivity index (χ3v) is 4.60. The highest BCUT2D eigenvalue weighted by molar-refractivity contribution is 7.15. The molecular weight excluding hydrogens is 342 g/mol. The second-order valence-electron chi connectivity index (χ2n) is 5.33. The second-order valence-corrected chi connectivity index (χ2v) is 6.42. The summed E-state index contributed by atoms with van der Waals surface area (Å²) in [5.41, 5.74) is 0.900. The normalized spacial score (nSPS) is 11.5. The summed E-state index contributed by atoms with van der Waals surface area (Å²) >= 11 is 1.05. The summed E-state index contributed by atoms with van der Waals surface area (Å²) in [5.74, 6) is -0.398. The number of hydrogen-bond acceptors (Lipinski definition) is 6. The van der Waals surface area contributed by atoms with Crippen molar-refractivity contribution in [1.82, 2.24) is 5.32 Å². The second kappa shape index (κ2) is 8.43. The van der Waals surface area contributed by atoms with Gasteiger partial charge in [0.1, 0.15) is 10.6 Å². The van der Waals surface area contributed by atoms with Crippen LogP contribution in [0.5, 0.6) is 5.75 Å². The van der Waals surface area contributed by atoms with Crippen LogP contribution in [0.1, 0.15) is 38.8 Å². The van der Waals surface area contributed by atoms with Gasteiger partial charge < -0.3 is 14.8 Å². The topological polar surface area (TPSA) is 81.7 Å². The Morgan fingerprint density at radius 1 is 1.08 bits per heavy atom. The monoisotopic (exact) mass is 361 g/mol. The van der Waals surface area contributed by atoms with Crippen molar-refractivity contribution in [3.8, 4) is 5.75 Å². The lowest BCUT2D eigenvalue weighted by atomic mass is 10.2. The first kappa shape index (κ1) is 18.7. The molecule has 0 spiro atoms. The van der Waals surface area contributed by atoms with E-state index in [4.69, 9.17) is 9.47 Å². The predicted molar refractivity (Wildman–Crippen MR) is 94.0 cm³/mol. The number of methoxy groups -OCH3 is 1. The molecule has 7 heteroatoms. The van der Waals surface area contributed by atoms with E-state index in [0.29, 0.717) is 16.3 Å². The van der Waals surface area contributed by atoms with E-state index in [1.807, 2.05) is 12.1 Å². The van der Waals surface area contributed by atoms with Crippen LogP contribution in [-0.2, 0) is 16.1 Å². The third-order valence-electron chi connectivity index (χ3n) is 3.43. The van der Waals surface area contributed by atoms with Gasteiger partial charge in [-0.15, -0.1) is 11.3 Å². The molecule has 1 atom stereocenters. The lowest BCUT2D eigenvalue weighted by Gasteiger charge is -2.13. The molecule has 0 fully saturated rings. The number of ketones is 1. The molecular formula is C18H19NO5S. The molecule has 0 aliphatic rings. The molecule has 25 heavy (non-hydrogen) atoms. The van der Waals surface area contributed by atoms with Crippen molar-refractivity contribution in [3.63, 3.8) is 0 Å². The number of rotatable bonds is 7. The maximum Gasteiger partial charge on any atom is 0.349 e. The van der Waals surface area contributed by atoms with Crippen molar-refractivity contribution in [3.05, 3.63) is 51.7 Å². The number of carbonyl (C=O) groups is 3. The summed E-state index contributed by atoms with van der Waals surface area (Å²) < 4.78 is 10.2. The molecule has 0 saturated heterocycles. The SMILES string of the molecule is COc1ccc(CNC(=O)C(C)OC(=O)c2ccc(C(C)=O)s2)cc1. The fourth-order valence-electron chi connectivity index (χ4n) is 1.99. The number of carbonyl (C=O) groups excluding carboxylic acids is 3. The maximum absolute atomic E-state index is 12.1. The lowest BCUT2D eigenvalue weighted by molar-refractivity contribution is -0.129. The van der Waals surface area contributed by atoms with Crippen molar-refractivity contribution >= 4 is 29.0 Å². The molecule has 1 aromatic carbocycles. The van der Waals surface area contributed by atoms with Gasteiger partial charge in [0, 0.05) is 6.54 Å². The quantitative estimate of drug-likeness (QED) is 0.606. The lowest BCUT2D eigenvalue weighted by Crippen LogP contribution is -2.35. The van der Waals surface area contributed by atoms with Crippen LogP contribution in [0.25, 0.3) is 0 Å². The zero-order valence-corrected chi connectivity index (χ0v) is 15.0. The Morgan fingerprint density at radius 3 is 2.28 bits per heavy atom. The van der Waals surface area contributed by atoms with E-state index >= 15 is 0 Å². The van der Waals surface area contributed by atoms with E-state index in [1.165, 1.54) is 19.9 Å². The Balaban J connectivity index is 1.86. The molecule has 1 aromatic heterocycles. The highest BCUT2D eigenvalue weighted by Crippen LogP contribution is 2.18. The van der Waals surface area contributed by atoms with E-state index in [9.17, 15) is 14.4 Å². The van der Waals surface area contributed by atoms with Gasteiger partial charge >= 0.3 is 5.97 Å². The van der Waals surface area contributed by atoms with Gasteiger partial charge in [-0.25, -0.2) is 4.79 Å². The van der Waals surface area contributed by atoms with Crippen LogP contribution in [0.15, 0.2) is 36.4 Å². The number of thiophene rings is 1. The van der Waals surface area contributed by atoms with Gasteiger partial charge in [-0.3, -0.25) is 9.59 Å². The van der Waals surface area contributed by atoms with E-state index in [2.05, 4.69) is 5.32 Å². The molecule has 0 radical (unpaired) electrons. The average molecular weight is 361 g/mol. The van der Waals surface area contributed by atoms with E-state index < -0.39 is 18.0 Å². The number of Topliss-reactive ketones (excluding diaryl/α,β-unsaturated/α-hetero) is 1. The van der Waals surface area contributed by atoms with Crippen LogP contribution >= 0.6 is 11.3 Å². The van der Waals surface area contributed by atoms with Gasteiger partial charge in [0.2, 0.25) is 0 Å². The average Bonchev–Trinajstić information content (AvgIpc) is 3.10. The minimum Gasteiger partial charge on any atom is -0.497 e. The summed E-state index contributed by atoms with van der Waals surface area (Å²) in [6.07, 6.45) is -0.936. The molecule has 1 unspecified atom stereocenters. The number of benzene rings is 1. The number of ether oxygens (including phenoxy) is 2. The van der Waals surface area contributed by atoms with Crippen molar-refractivity contribution in [2.75, 3.05) is 7.11 Å². The van der Waals surface area contributed by atoms with Gasteiger partial charge in [-0.05, 0) is 43.7 Å². The third kappa shape index (κ3) is 5.15. The van der Waals surface area contributed by atoms with Gasteiger partial charge in [-0.1, -0.05) is 12.1 Å². The molecule has 0 bridgehead atoms. The van der Waals surface area contributed by atoms with E-state index in [-0.39, 0.29) is 5.78 Å². The zero-order valence-electron chi connectivity index (χ0n) is 14.2. The van der Waals surface area contributed by atoms with Crippen LogP contribution in [0, 0.1) is 0 Å². The minimum absolute atomic E-state index is 0.116. The Kier molecular flexibility index (Phi) is 6.30. The van der Waals surface area contributed by atoms with Crippen LogP contribution in [0.4, 0.5) is 0 Å². The van der Waals surface area contributed by atoms with Crippen molar-refractivity contribution in [1.29, 1.82) is 0 Å². The van der Waals surface area contributed by atoms with Gasteiger partial charge in [0.25, 0.3) is 5.91 Å². The maximum atomic E-state index is 12.1. The molecule has 2 rings (SSSR count). The molecule has 0 aliphatic carbocycles. The summed E-state index contributed by atoms with van der Waals surface area (Å²) in [4.78, 5) is 36.1. The highest BCUT2D eigenvalue weighted by Gasteiger charge is 2.20. The molecule has 6 nitrogen and oxygen atoms in total. The number of amides is 1. The standard InChI is InChI=1S/C18H19NO5S/c1-11(20)15-8-9-16(25-15)18(22)24-12(2)17(21)19-10-13-4-6-14(23-3)7-5-13/h4-9,12H,10H2,1-3H3,(H,19,21). The fourth-order valence-corrected chi connectivity index (χ4v) is 2.77. The molecule has 132 valence electrons. The zero-order chi connectivity index (χ0) is 18.4. The molecule has 2 aromatic rings. The van der Waals surface area contributed by atoms with Crippen LogP contribution in [0.2, 0.25) is 0 Å². The predicted octanol–water partition coefficient (Wildman–Crippen LogP) is 2.82. The van der Waals surface area contributed by atoms with E-state index in [1.54, 1.807) is 25.3 Å². The smallest absolute Gasteiger partial charge is 0.349 e. The molecule has 1 heterocycles. The summed E-state index contributed by atoms with van der Waals surface area (Å²) in [6, 6.07) is 10.4. The Bertz CT molecular complexity index is 766. The fraction of sp³-hybridized carbons (Fsp3) is 0.278. The van der Waals surface area contributed by atoms with Gasteiger partial charge in [-0.2, -0.15) is 0 Å². The Morgan fingerprint density at radius 2 is 1.72 bits per heavy atom. The van der Waals surface area contributed by atoms with E-state index in [0.717, 1.165) is 22.6 Å². The van der Waals surface area contributed by atoms with Crippen LogP contribution in [-0.4, -0.2) is 30.9 Å². The van der Waals surface area contributed by atoms with Gasteiger partial charge in [0.05, 0.1) is 12.0 Å². The molecule has 1 amide bonds. The summed E-state index contributed by atoms with van der Waals surface area (Å²) in [5, 5.41) is 2.71. The Hall–Kier alpha value is -2.67. The molecule has 0 saturated carbocycles. The first-order valence-electron chi connectivity index (χ1n) is 7.63. The van der Waals surface area contributed by atoms with Crippen molar-refractivity contribution in [2.24, 2.45) is 0 Å². The van der Waals surface area contributed by atoms with Crippen LogP contribution < -0.4 is 10.1 Å². The molecule has 0 aliphatic heterocycles. The number of nitrogens with one attached hydrogen (secondary N) is 1. The first-order chi connectivity index (χ1) is 11.9. The minimum atomic E-state index is -0.936. The summed E-state index contributed by atoms with van der Waals surface area (Å²) in [7, 11) is 1.58. The number of hydrogen-bond donors (Lipinski definition) is 1.